The molecular weight excluding hydrogens is 418 g/mol. The lowest BCUT2D eigenvalue weighted by molar-refractivity contribution is -0.139. The summed E-state index contributed by atoms with van der Waals surface area (Å²) in [5.41, 5.74) is 2.20. The average Bonchev–Trinajstić information content (AvgIpc) is 3.29. The highest BCUT2D eigenvalue weighted by Gasteiger charge is 2.15. The predicted molar refractivity (Wildman–Crippen MR) is 119 cm³/mol. The number of carbonyl (C=O) groups is 1. The van der Waals surface area contributed by atoms with Crippen LogP contribution in [0.15, 0.2) is 47.9 Å². The molecule has 1 aromatic heterocycles. The molecule has 0 amide bonds. The van der Waals surface area contributed by atoms with Crippen LogP contribution in [-0.4, -0.2) is 39.4 Å². The van der Waals surface area contributed by atoms with Crippen molar-refractivity contribution in [1.29, 1.82) is 0 Å². The van der Waals surface area contributed by atoms with Gasteiger partial charge in [-0.15, -0.1) is 11.3 Å². The number of hydrogen-bond acceptors (Lipinski definition) is 8. The predicted octanol–water partition coefficient (Wildman–Crippen LogP) is 4.60. The Balaban J connectivity index is 1.65. The standard InChI is InChI=1S/C23H23NO6S/c1-26-17-10-8-15(20(12-17)28-3)9-11-21(25)30-13-16-14-31-23(24-16)18-6-5-7-19(27-2)22(18)29-4/h5-12,14H,13H2,1-4H3/b11-9+. The monoisotopic (exact) mass is 441 g/mol. The Morgan fingerprint density at radius 1 is 1.00 bits per heavy atom. The molecule has 1 heterocycles. The fourth-order valence-corrected chi connectivity index (χ4v) is 3.69. The van der Waals surface area contributed by atoms with Crippen LogP contribution in [0.4, 0.5) is 0 Å². The normalized spacial score (nSPS) is 10.7. The Kier molecular flexibility index (Phi) is 7.50. The van der Waals surface area contributed by atoms with Gasteiger partial charge in [0.2, 0.25) is 0 Å². The highest BCUT2D eigenvalue weighted by molar-refractivity contribution is 7.13. The van der Waals surface area contributed by atoms with Crippen LogP contribution in [0.5, 0.6) is 23.0 Å². The van der Waals surface area contributed by atoms with Crippen molar-refractivity contribution in [2.45, 2.75) is 6.61 Å². The minimum atomic E-state index is -0.480. The van der Waals surface area contributed by atoms with Crippen molar-refractivity contribution in [3.05, 3.63) is 59.1 Å². The summed E-state index contributed by atoms with van der Waals surface area (Å²) in [6.07, 6.45) is 2.98. The van der Waals surface area contributed by atoms with E-state index in [1.54, 1.807) is 52.7 Å². The molecule has 0 spiro atoms. The Morgan fingerprint density at radius 3 is 2.52 bits per heavy atom. The Labute approximate surface area is 184 Å². The Morgan fingerprint density at radius 2 is 1.81 bits per heavy atom. The van der Waals surface area contributed by atoms with E-state index in [-0.39, 0.29) is 6.61 Å². The van der Waals surface area contributed by atoms with E-state index in [1.807, 2.05) is 23.6 Å². The second-order valence-corrected chi connectivity index (χ2v) is 7.09. The van der Waals surface area contributed by atoms with Gasteiger partial charge < -0.3 is 23.7 Å². The lowest BCUT2D eigenvalue weighted by Gasteiger charge is -2.10. The molecule has 0 saturated carbocycles. The number of methoxy groups -OCH3 is 4. The summed E-state index contributed by atoms with van der Waals surface area (Å²) in [6.45, 7) is 0.0612. The van der Waals surface area contributed by atoms with Crippen LogP contribution in [0.2, 0.25) is 0 Å². The number of carbonyl (C=O) groups excluding carboxylic acids is 1. The molecule has 3 aromatic rings. The third-order valence-electron chi connectivity index (χ3n) is 4.39. The summed E-state index contributed by atoms with van der Waals surface area (Å²) in [7, 11) is 6.31. The topological polar surface area (TPSA) is 76.1 Å². The fraction of sp³-hybridized carbons (Fsp3) is 0.217. The number of hydrogen-bond donors (Lipinski definition) is 0. The lowest BCUT2D eigenvalue weighted by Crippen LogP contribution is -2.01. The molecule has 0 unspecified atom stereocenters. The summed E-state index contributed by atoms with van der Waals surface area (Å²) in [4.78, 5) is 16.7. The number of nitrogens with zero attached hydrogens (tertiary/aromatic N) is 1. The zero-order valence-electron chi connectivity index (χ0n) is 17.7. The van der Waals surface area contributed by atoms with Gasteiger partial charge in [0.05, 0.1) is 39.7 Å². The van der Waals surface area contributed by atoms with Gasteiger partial charge in [-0.25, -0.2) is 9.78 Å². The molecule has 0 N–H and O–H groups in total. The Hall–Kier alpha value is -3.52. The average molecular weight is 442 g/mol. The Bertz CT molecular complexity index is 1080. The van der Waals surface area contributed by atoms with Crippen LogP contribution < -0.4 is 18.9 Å². The largest absolute Gasteiger partial charge is 0.497 e. The van der Waals surface area contributed by atoms with E-state index in [9.17, 15) is 4.79 Å². The molecule has 162 valence electrons. The van der Waals surface area contributed by atoms with Gasteiger partial charge in [0, 0.05) is 23.1 Å². The van der Waals surface area contributed by atoms with Crippen molar-refractivity contribution < 1.29 is 28.5 Å². The van der Waals surface area contributed by atoms with Crippen molar-refractivity contribution in [3.63, 3.8) is 0 Å². The first-order valence-electron chi connectivity index (χ1n) is 9.32. The molecule has 0 radical (unpaired) electrons. The zero-order valence-corrected chi connectivity index (χ0v) is 18.5. The number of para-hydroxylation sites is 1. The molecule has 7 nitrogen and oxygen atoms in total. The number of esters is 1. The first kappa shape index (κ1) is 22.2. The maximum atomic E-state index is 12.1. The maximum Gasteiger partial charge on any atom is 0.331 e. The van der Waals surface area contributed by atoms with E-state index in [0.29, 0.717) is 28.7 Å². The molecule has 0 fully saturated rings. The van der Waals surface area contributed by atoms with Crippen molar-refractivity contribution in [3.8, 4) is 33.6 Å². The first-order valence-corrected chi connectivity index (χ1v) is 10.2. The van der Waals surface area contributed by atoms with Crippen molar-refractivity contribution in [2.75, 3.05) is 28.4 Å². The number of aromatic nitrogens is 1. The number of rotatable bonds is 9. The molecular formula is C23H23NO6S. The smallest absolute Gasteiger partial charge is 0.331 e. The van der Waals surface area contributed by atoms with E-state index in [1.165, 1.54) is 17.4 Å². The van der Waals surface area contributed by atoms with Crippen LogP contribution in [0, 0.1) is 0 Å². The third kappa shape index (κ3) is 5.35. The minimum Gasteiger partial charge on any atom is -0.497 e. The van der Waals surface area contributed by atoms with Gasteiger partial charge in [-0.1, -0.05) is 6.07 Å². The van der Waals surface area contributed by atoms with Crippen LogP contribution in [0.3, 0.4) is 0 Å². The number of benzene rings is 2. The molecule has 0 aliphatic carbocycles. The molecule has 0 aliphatic rings. The molecule has 31 heavy (non-hydrogen) atoms. The zero-order chi connectivity index (χ0) is 22.2. The van der Waals surface area contributed by atoms with Crippen LogP contribution in [0.1, 0.15) is 11.3 Å². The van der Waals surface area contributed by atoms with E-state index in [4.69, 9.17) is 23.7 Å². The molecule has 2 aromatic carbocycles. The highest BCUT2D eigenvalue weighted by Crippen LogP contribution is 2.39. The lowest BCUT2D eigenvalue weighted by atomic mass is 10.2. The van der Waals surface area contributed by atoms with Crippen molar-refractivity contribution in [2.24, 2.45) is 0 Å². The molecule has 0 atom stereocenters. The van der Waals surface area contributed by atoms with Crippen LogP contribution >= 0.6 is 11.3 Å². The van der Waals surface area contributed by atoms with Crippen molar-refractivity contribution in [1.82, 2.24) is 4.98 Å². The summed E-state index contributed by atoms with van der Waals surface area (Å²) in [5, 5.41) is 2.60. The summed E-state index contributed by atoms with van der Waals surface area (Å²) in [5.74, 6) is 2.02. The highest BCUT2D eigenvalue weighted by atomic mass is 32.1. The summed E-state index contributed by atoms with van der Waals surface area (Å²) < 4.78 is 26.6. The first-order chi connectivity index (χ1) is 15.1. The number of ether oxygens (including phenoxy) is 5. The van der Waals surface area contributed by atoms with Gasteiger partial charge in [-0.3, -0.25) is 0 Å². The second kappa shape index (κ2) is 10.5. The van der Waals surface area contributed by atoms with E-state index >= 15 is 0 Å². The van der Waals surface area contributed by atoms with E-state index in [0.717, 1.165) is 16.1 Å². The van der Waals surface area contributed by atoms with Crippen LogP contribution in [0.25, 0.3) is 16.6 Å². The molecule has 0 aliphatic heterocycles. The third-order valence-corrected chi connectivity index (χ3v) is 5.31. The maximum absolute atomic E-state index is 12.1. The van der Waals surface area contributed by atoms with E-state index in [2.05, 4.69) is 4.98 Å². The SMILES string of the molecule is COc1ccc(/C=C/C(=O)OCc2csc(-c3cccc(OC)c3OC)n2)c(OC)c1. The number of thiazole rings is 1. The van der Waals surface area contributed by atoms with Crippen molar-refractivity contribution >= 4 is 23.4 Å². The van der Waals surface area contributed by atoms with Gasteiger partial charge in [0.25, 0.3) is 0 Å². The molecule has 8 heteroatoms. The van der Waals surface area contributed by atoms with Gasteiger partial charge in [-0.2, -0.15) is 0 Å². The summed E-state index contributed by atoms with van der Waals surface area (Å²) in [6, 6.07) is 10.9. The fourth-order valence-electron chi connectivity index (χ4n) is 2.86. The molecule has 0 saturated heterocycles. The van der Waals surface area contributed by atoms with Gasteiger partial charge in [-0.05, 0) is 30.3 Å². The van der Waals surface area contributed by atoms with Crippen LogP contribution in [-0.2, 0) is 16.1 Å². The second-order valence-electron chi connectivity index (χ2n) is 6.23. The van der Waals surface area contributed by atoms with Gasteiger partial charge in [0.15, 0.2) is 11.5 Å². The molecule has 0 bridgehead atoms. The molecule has 3 rings (SSSR count). The minimum absolute atomic E-state index is 0.0612. The summed E-state index contributed by atoms with van der Waals surface area (Å²) >= 11 is 1.44. The van der Waals surface area contributed by atoms with Gasteiger partial charge in [0.1, 0.15) is 23.1 Å². The van der Waals surface area contributed by atoms with E-state index < -0.39 is 5.97 Å². The quantitative estimate of drug-likeness (QED) is 0.355. The van der Waals surface area contributed by atoms with Gasteiger partial charge >= 0.3 is 5.97 Å².